The summed E-state index contributed by atoms with van der Waals surface area (Å²) in [6, 6.07) is 5.83. The van der Waals surface area contributed by atoms with Crippen LogP contribution in [0.25, 0.3) is 0 Å². The van der Waals surface area contributed by atoms with Gasteiger partial charge in [-0.2, -0.15) is 11.8 Å². The second-order valence-electron chi connectivity index (χ2n) is 4.46. The molecular weight excluding hydrogens is 370 g/mol. The first-order chi connectivity index (χ1) is 8.93. The molecule has 106 valence electrons. The number of hydrogen-bond donors (Lipinski definition) is 0. The van der Waals surface area contributed by atoms with Crippen LogP contribution in [-0.2, 0) is 15.7 Å². The van der Waals surface area contributed by atoms with Gasteiger partial charge in [-0.25, -0.2) is 8.42 Å². The van der Waals surface area contributed by atoms with Gasteiger partial charge in [0.15, 0.2) is 9.84 Å². The SMILES string of the molecule is CS(=O)(=O)C1CSCCN1c1ccc(CCl)c(Br)c1. The van der Waals surface area contributed by atoms with E-state index in [1.807, 2.05) is 23.1 Å². The molecule has 0 amide bonds. The van der Waals surface area contributed by atoms with Gasteiger partial charge in [-0.3, -0.25) is 0 Å². The Labute approximate surface area is 131 Å². The molecule has 1 atom stereocenters. The predicted molar refractivity (Wildman–Crippen MR) is 87.0 cm³/mol. The largest absolute Gasteiger partial charge is 0.353 e. The summed E-state index contributed by atoms with van der Waals surface area (Å²) in [4.78, 5) is 1.97. The highest BCUT2D eigenvalue weighted by Crippen LogP contribution is 2.30. The lowest BCUT2D eigenvalue weighted by molar-refractivity contribution is 0.584. The standard InChI is InChI=1S/C12H15BrClNO2S2/c1-19(16,17)12-8-18-5-4-15(12)10-3-2-9(7-14)11(13)6-10/h2-3,6,12H,4-5,7-8H2,1H3. The molecule has 0 N–H and O–H groups in total. The van der Waals surface area contributed by atoms with Crippen molar-refractivity contribution in [2.75, 3.05) is 29.2 Å². The van der Waals surface area contributed by atoms with Crippen molar-refractivity contribution in [2.24, 2.45) is 0 Å². The van der Waals surface area contributed by atoms with Gasteiger partial charge in [0, 0.05) is 40.3 Å². The minimum Gasteiger partial charge on any atom is -0.353 e. The van der Waals surface area contributed by atoms with E-state index in [4.69, 9.17) is 11.6 Å². The highest BCUT2D eigenvalue weighted by atomic mass is 79.9. The van der Waals surface area contributed by atoms with Gasteiger partial charge in [-0.05, 0) is 17.7 Å². The van der Waals surface area contributed by atoms with Crippen molar-refractivity contribution < 1.29 is 8.42 Å². The lowest BCUT2D eigenvalue weighted by Crippen LogP contribution is -2.47. The van der Waals surface area contributed by atoms with E-state index in [1.54, 1.807) is 11.8 Å². The third-order valence-electron chi connectivity index (χ3n) is 3.09. The van der Waals surface area contributed by atoms with Crippen LogP contribution in [0.4, 0.5) is 5.69 Å². The van der Waals surface area contributed by atoms with Crippen LogP contribution in [-0.4, -0.2) is 38.1 Å². The number of hydrogen-bond acceptors (Lipinski definition) is 4. The fourth-order valence-corrected chi connectivity index (χ4v) is 5.80. The highest BCUT2D eigenvalue weighted by molar-refractivity contribution is 9.10. The summed E-state index contributed by atoms with van der Waals surface area (Å²) >= 11 is 11.0. The summed E-state index contributed by atoms with van der Waals surface area (Å²) in [5.41, 5.74) is 1.93. The van der Waals surface area contributed by atoms with E-state index in [2.05, 4.69) is 15.9 Å². The normalized spacial score (nSPS) is 20.6. The Bertz CT molecular complexity index is 565. The van der Waals surface area contributed by atoms with Crippen molar-refractivity contribution in [1.82, 2.24) is 0 Å². The zero-order valence-electron chi connectivity index (χ0n) is 10.5. The molecule has 3 nitrogen and oxygen atoms in total. The first-order valence-electron chi connectivity index (χ1n) is 5.81. The quantitative estimate of drug-likeness (QED) is 0.750. The lowest BCUT2D eigenvalue weighted by atomic mass is 10.2. The molecule has 0 radical (unpaired) electrons. The maximum atomic E-state index is 11.9. The Morgan fingerprint density at radius 3 is 2.84 bits per heavy atom. The van der Waals surface area contributed by atoms with Gasteiger partial charge >= 0.3 is 0 Å². The fraction of sp³-hybridized carbons (Fsp3) is 0.500. The Kier molecular flexibility index (Phi) is 5.09. The van der Waals surface area contributed by atoms with Crippen molar-refractivity contribution in [3.63, 3.8) is 0 Å². The molecular formula is C12H15BrClNO2S2. The summed E-state index contributed by atoms with van der Waals surface area (Å²) in [5, 5.41) is -0.444. The zero-order valence-corrected chi connectivity index (χ0v) is 14.4. The van der Waals surface area contributed by atoms with E-state index in [0.29, 0.717) is 11.6 Å². The molecule has 0 aromatic heterocycles. The zero-order chi connectivity index (χ0) is 14.0. The third-order valence-corrected chi connectivity index (χ3v) is 6.76. The van der Waals surface area contributed by atoms with E-state index in [9.17, 15) is 8.42 Å². The monoisotopic (exact) mass is 383 g/mol. The molecule has 1 aliphatic rings. The first-order valence-corrected chi connectivity index (χ1v) is 10.2. The maximum absolute atomic E-state index is 11.9. The van der Waals surface area contributed by atoms with Gasteiger partial charge < -0.3 is 4.90 Å². The second-order valence-corrected chi connectivity index (χ2v) is 8.94. The number of sulfone groups is 1. The number of alkyl halides is 1. The predicted octanol–water partition coefficient (Wildman–Crippen LogP) is 3.11. The average Bonchev–Trinajstić information content (AvgIpc) is 2.37. The van der Waals surface area contributed by atoms with Gasteiger partial charge in [0.1, 0.15) is 5.37 Å². The van der Waals surface area contributed by atoms with E-state index < -0.39 is 15.2 Å². The number of halogens is 2. The Balaban J connectivity index is 2.35. The number of benzene rings is 1. The van der Waals surface area contributed by atoms with E-state index in [1.165, 1.54) is 6.26 Å². The molecule has 1 aromatic carbocycles. The molecule has 1 unspecified atom stereocenters. The minimum atomic E-state index is -3.09. The molecule has 0 spiro atoms. The van der Waals surface area contributed by atoms with Gasteiger partial charge in [0.2, 0.25) is 0 Å². The molecule has 7 heteroatoms. The highest BCUT2D eigenvalue weighted by Gasteiger charge is 2.31. The Hall–Kier alpha value is 0.0900. The van der Waals surface area contributed by atoms with Gasteiger partial charge in [0.05, 0.1) is 0 Å². The van der Waals surface area contributed by atoms with E-state index in [0.717, 1.165) is 28.0 Å². The molecule has 1 aromatic rings. The van der Waals surface area contributed by atoms with Crippen molar-refractivity contribution in [3.8, 4) is 0 Å². The van der Waals surface area contributed by atoms with Crippen LogP contribution >= 0.6 is 39.3 Å². The Morgan fingerprint density at radius 1 is 1.53 bits per heavy atom. The summed E-state index contributed by atoms with van der Waals surface area (Å²) in [7, 11) is -3.09. The molecule has 1 saturated heterocycles. The molecule has 19 heavy (non-hydrogen) atoms. The number of rotatable bonds is 3. The van der Waals surface area contributed by atoms with Crippen molar-refractivity contribution in [1.29, 1.82) is 0 Å². The maximum Gasteiger partial charge on any atom is 0.169 e. The van der Waals surface area contributed by atoms with Gasteiger partial charge in [0.25, 0.3) is 0 Å². The second kappa shape index (κ2) is 6.24. The molecule has 2 rings (SSSR count). The van der Waals surface area contributed by atoms with E-state index >= 15 is 0 Å². The van der Waals surface area contributed by atoms with E-state index in [-0.39, 0.29) is 0 Å². The number of thioether (sulfide) groups is 1. The van der Waals surface area contributed by atoms with Crippen LogP contribution < -0.4 is 4.90 Å². The van der Waals surface area contributed by atoms with Crippen LogP contribution in [0, 0.1) is 0 Å². The molecule has 1 heterocycles. The van der Waals surface area contributed by atoms with Crippen molar-refractivity contribution >= 4 is 54.8 Å². The van der Waals surface area contributed by atoms with Crippen LogP contribution in [0.15, 0.2) is 22.7 Å². The molecule has 0 bridgehead atoms. The molecule has 1 fully saturated rings. The van der Waals surface area contributed by atoms with Crippen molar-refractivity contribution in [3.05, 3.63) is 28.2 Å². The summed E-state index contributed by atoms with van der Waals surface area (Å²) in [6.07, 6.45) is 1.30. The lowest BCUT2D eigenvalue weighted by Gasteiger charge is -2.36. The third kappa shape index (κ3) is 3.60. The summed E-state index contributed by atoms with van der Waals surface area (Å²) in [6.45, 7) is 0.745. The first kappa shape index (κ1) is 15.5. The fourth-order valence-electron chi connectivity index (χ4n) is 2.05. The minimum absolute atomic E-state index is 0.437. The van der Waals surface area contributed by atoms with Gasteiger partial charge in [-0.1, -0.05) is 22.0 Å². The van der Waals surface area contributed by atoms with Crippen molar-refractivity contribution in [2.45, 2.75) is 11.3 Å². The number of anilines is 1. The average molecular weight is 385 g/mol. The van der Waals surface area contributed by atoms with Crippen LogP contribution in [0.3, 0.4) is 0 Å². The molecule has 0 saturated carbocycles. The molecule has 0 aliphatic carbocycles. The van der Waals surface area contributed by atoms with Crippen LogP contribution in [0.2, 0.25) is 0 Å². The summed E-state index contributed by atoms with van der Waals surface area (Å²) < 4.78 is 24.7. The topological polar surface area (TPSA) is 37.4 Å². The number of nitrogens with zero attached hydrogens (tertiary/aromatic N) is 1. The summed E-state index contributed by atoms with van der Waals surface area (Å²) in [5.74, 6) is 2.00. The Morgan fingerprint density at radius 2 is 2.26 bits per heavy atom. The van der Waals surface area contributed by atoms with Crippen LogP contribution in [0.5, 0.6) is 0 Å². The van der Waals surface area contributed by atoms with Crippen LogP contribution in [0.1, 0.15) is 5.56 Å². The molecule has 1 aliphatic heterocycles. The smallest absolute Gasteiger partial charge is 0.169 e. The van der Waals surface area contributed by atoms with Gasteiger partial charge in [-0.15, -0.1) is 11.6 Å².